The number of hydrogen-bond donors (Lipinski definition) is 0. The Morgan fingerprint density at radius 3 is 2.24 bits per heavy atom. The first-order valence-corrected chi connectivity index (χ1v) is 6.11. The molecule has 3 heteroatoms. The summed E-state index contributed by atoms with van der Waals surface area (Å²) in [6, 6.07) is 6.34. The van der Waals surface area contributed by atoms with Crippen LogP contribution in [0.1, 0.15) is 26.3 Å². The van der Waals surface area contributed by atoms with Crippen LogP contribution in [0.4, 0.5) is 4.39 Å². The quantitative estimate of drug-likeness (QED) is 0.771. The number of carbonyl (C=O) groups is 1. The molecule has 2 nitrogen and oxygen atoms in total. The van der Waals surface area contributed by atoms with Gasteiger partial charge in [-0.2, -0.15) is 0 Å². The molecule has 0 saturated carbocycles. The summed E-state index contributed by atoms with van der Waals surface area (Å²) in [6.45, 7) is 7.36. The number of halogens is 1. The van der Waals surface area contributed by atoms with Crippen LogP contribution in [0.3, 0.4) is 0 Å². The number of amides is 1. The highest BCUT2D eigenvalue weighted by Crippen LogP contribution is 2.12. The molecule has 1 amide bonds. The monoisotopic (exact) mass is 237 g/mol. The Morgan fingerprint density at radius 1 is 1.24 bits per heavy atom. The second-order valence-electron chi connectivity index (χ2n) is 4.24. The molecule has 0 aliphatic rings. The standard InChI is InChI=1S/C14H20FNO/c1-4-16(5-2)14(17)11(3)10-12-6-8-13(15)9-7-12/h6-9,11H,4-5,10H2,1-3H3. The molecule has 1 aromatic rings. The largest absolute Gasteiger partial charge is 0.343 e. The van der Waals surface area contributed by atoms with E-state index in [0.29, 0.717) is 6.42 Å². The molecule has 1 aromatic carbocycles. The Hall–Kier alpha value is -1.38. The fourth-order valence-electron chi connectivity index (χ4n) is 1.91. The predicted octanol–water partition coefficient (Wildman–Crippen LogP) is 2.87. The van der Waals surface area contributed by atoms with Crippen molar-refractivity contribution in [3.63, 3.8) is 0 Å². The van der Waals surface area contributed by atoms with Crippen molar-refractivity contribution in [1.82, 2.24) is 4.90 Å². The molecule has 0 heterocycles. The molecule has 17 heavy (non-hydrogen) atoms. The van der Waals surface area contributed by atoms with Crippen LogP contribution < -0.4 is 0 Å². The minimum Gasteiger partial charge on any atom is -0.343 e. The lowest BCUT2D eigenvalue weighted by Gasteiger charge is -2.22. The summed E-state index contributed by atoms with van der Waals surface area (Å²) in [5.41, 5.74) is 0.999. The van der Waals surface area contributed by atoms with Crippen molar-refractivity contribution in [2.75, 3.05) is 13.1 Å². The van der Waals surface area contributed by atoms with Crippen molar-refractivity contribution >= 4 is 5.91 Å². The van der Waals surface area contributed by atoms with Crippen LogP contribution in [0.25, 0.3) is 0 Å². The minimum atomic E-state index is -0.239. The van der Waals surface area contributed by atoms with Crippen LogP contribution in [0.5, 0.6) is 0 Å². The molecule has 0 fully saturated rings. The summed E-state index contributed by atoms with van der Waals surface area (Å²) in [6.07, 6.45) is 0.662. The van der Waals surface area contributed by atoms with Gasteiger partial charge in [-0.1, -0.05) is 19.1 Å². The van der Waals surface area contributed by atoms with E-state index in [9.17, 15) is 9.18 Å². The molecule has 0 aliphatic carbocycles. The fourth-order valence-corrected chi connectivity index (χ4v) is 1.91. The Bertz CT molecular complexity index is 357. The highest BCUT2D eigenvalue weighted by Gasteiger charge is 2.18. The molecule has 1 atom stereocenters. The number of carbonyl (C=O) groups excluding carboxylic acids is 1. The lowest BCUT2D eigenvalue weighted by Crippen LogP contribution is -2.35. The summed E-state index contributed by atoms with van der Waals surface area (Å²) in [5, 5.41) is 0. The van der Waals surface area contributed by atoms with Gasteiger partial charge >= 0.3 is 0 Å². The van der Waals surface area contributed by atoms with E-state index >= 15 is 0 Å². The van der Waals surface area contributed by atoms with Gasteiger partial charge in [0.25, 0.3) is 0 Å². The van der Waals surface area contributed by atoms with E-state index in [1.807, 2.05) is 25.7 Å². The Balaban J connectivity index is 2.62. The summed E-state index contributed by atoms with van der Waals surface area (Å²) in [4.78, 5) is 13.9. The molecule has 0 N–H and O–H groups in total. The third-order valence-corrected chi connectivity index (χ3v) is 2.95. The van der Waals surface area contributed by atoms with Crippen LogP contribution >= 0.6 is 0 Å². The second kappa shape index (κ2) is 6.38. The first-order valence-electron chi connectivity index (χ1n) is 6.11. The Morgan fingerprint density at radius 2 is 1.76 bits per heavy atom. The van der Waals surface area contributed by atoms with E-state index in [-0.39, 0.29) is 17.6 Å². The zero-order valence-electron chi connectivity index (χ0n) is 10.7. The maximum Gasteiger partial charge on any atom is 0.225 e. The fraction of sp³-hybridized carbons (Fsp3) is 0.500. The zero-order valence-corrected chi connectivity index (χ0v) is 10.7. The van der Waals surface area contributed by atoms with Crippen molar-refractivity contribution < 1.29 is 9.18 Å². The van der Waals surface area contributed by atoms with Crippen LogP contribution in [0.15, 0.2) is 24.3 Å². The molecular formula is C14H20FNO. The van der Waals surface area contributed by atoms with Gasteiger partial charge in [-0.3, -0.25) is 4.79 Å². The SMILES string of the molecule is CCN(CC)C(=O)C(C)Cc1ccc(F)cc1. The van der Waals surface area contributed by atoms with E-state index in [4.69, 9.17) is 0 Å². The topological polar surface area (TPSA) is 20.3 Å². The van der Waals surface area contributed by atoms with Crippen molar-refractivity contribution in [3.8, 4) is 0 Å². The third kappa shape index (κ3) is 3.84. The number of hydrogen-bond acceptors (Lipinski definition) is 1. The van der Waals surface area contributed by atoms with Crippen molar-refractivity contribution in [1.29, 1.82) is 0 Å². The minimum absolute atomic E-state index is 0.0552. The summed E-state index contributed by atoms with van der Waals surface area (Å²) < 4.78 is 12.7. The Kier molecular flexibility index (Phi) is 5.13. The normalized spacial score (nSPS) is 12.2. The molecule has 1 unspecified atom stereocenters. The van der Waals surface area contributed by atoms with Gasteiger partial charge in [-0.05, 0) is 38.0 Å². The van der Waals surface area contributed by atoms with Crippen molar-refractivity contribution in [2.24, 2.45) is 5.92 Å². The van der Waals surface area contributed by atoms with Crippen LogP contribution in [-0.2, 0) is 11.2 Å². The zero-order chi connectivity index (χ0) is 12.8. The van der Waals surface area contributed by atoms with Gasteiger partial charge < -0.3 is 4.90 Å². The molecule has 0 saturated heterocycles. The highest BCUT2D eigenvalue weighted by atomic mass is 19.1. The van der Waals surface area contributed by atoms with Gasteiger partial charge in [0.15, 0.2) is 0 Å². The number of nitrogens with zero attached hydrogens (tertiary/aromatic N) is 1. The Labute approximate surface area is 102 Å². The first kappa shape index (κ1) is 13.7. The average molecular weight is 237 g/mol. The molecule has 0 aliphatic heterocycles. The van der Waals surface area contributed by atoms with E-state index in [1.165, 1.54) is 12.1 Å². The number of benzene rings is 1. The van der Waals surface area contributed by atoms with Gasteiger partial charge in [0, 0.05) is 19.0 Å². The van der Waals surface area contributed by atoms with E-state index in [0.717, 1.165) is 18.7 Å². The van der Waals surface area contributed by atoms with E-state index in [2.05, 4.69) is 0 Å². The van der Waals surface area contributed by atoms with Gasteiger partial charge in [-0.15, -0.1) is 0 Å². The molecule has 94 valence electrons. The third-order valence-electron chi connectivity index (χ3n) is 2.95. The highest BCUT2D eigenvalue weighted by molar-refractivity contribution is 5.78. The summed E-state index contributed by atoms with van der Waals surface area (Å²) in [5.74, 6) is -0.129. The van der Waals surface area contributed by atoms with Crippen molar-refractivity contribution in [2.45, 2.75) is 27.2 Å². The molecular weight excluding hydrogens is 217 g/mol. The first-order chi connectivity index (χ1) is 8.08. The van der Waals surface area contributed by atoms with Crippen LogP contribution in [0, 0.1) is 11.7 Å². The molecule has 1 rings (SSSR count). The van der Waals surface area contributed by atoms with Gasteiger partial charge in [-0.25, -0.2) is 4.39 Å². The maximum atomic E-state index is 12.7. The number of rotatable bonds is 5. The lowest BCUT2D eigenvalue weighted by molar-refractivity contribution is -0.134. The summed E-state index contributed by atoms with van der Waals surface area (Å²) in [7, 11) is 0. The smallest absolute Gasteiger partial charge is 0.225 e. The maximum absolute atomic E-state index is 12.7. The molecule has 0 radical (unpaired) electrons. The predicted molar refractivity (Wildman–Crippen MR) is 67.2 cm³/mol. The van der Waals surface area contributed by atoms with Crippen LogP contribution in [0.2, 0.25) is 0 Å². The molecule has 0 spiro atoms. The molecule has 0 aromatic heterocycles. The second-order valence-corrected chi connectivity index (χ2v) is 4.24. The van der Waals surface area contributed by atoms with Gasteiger partial charge in [0.05, 0.1) is 0 Å². The van der Waals surface area contributed by atoms with Gasteiger partial charge in [0.2, 0.25) is 5.91 Å². The van der Waals surface area contributed by atoms with E-state index < -0.39 is 0 Å². The van der Waals surface area contributed by atoms with E-state index in [1.54, 1.807) is 12.1 Å². The van der Waals surface area contributed by atoms with Crippen LogP contribution in [-0.4, -0.2) is 23.9 Å². The lowest BCUT2D eigenvalue weighted by atomic mass is 10.00. The summed E-state index contributed by atoms with van der Waals surface area (Å²) >= 11 is 0. The average Bonchev–Trinajstić information content (AvgIpc) is 2.33. The van der Waals surface area contributed by atoms with Crippen molar-refractivity contribution in [3.05, 3.63) is 35.6 Å². The molecule has 0 bridgehead atoms. The van der Waals surface area contributed by atoms with Gasteiger partial charge in [0.1, 0.15) is 5.82 Å².